The van der Waals surface area contributed by atoms with Gasteiger partial charge in [-0.1, -0.05) is 12.1 Å². The van der Waals surface area contributed by atoms with Crippen LogP contribution in [0.1, 0.15) is 28.9 Å². The van der Waals surface area contributed by atoms with E-state index in [1.54, 1.807) is 11.5 Å². The van der Waals surface area contributed by atoms with E-state index in [-0.39, 0.29) is 11.1 Å². The van der Waals surface area contributed by atoms with E-state index in [9.17, 15) is 23.9 Å². The van der Waals surface area contributed by atoms with E-state index in [0.717, 1.165) is 17.3 Å². The molecular weight excluding hydrogens is 451 g/mol. The van der Waals surface area contributed by atoms with E-state index >= 15 is 0 Å². The number of nitrogens with one attached hydrogen (secondary N) is 1. The van der Waals surface area contributed by atoms with Crippen molar-refractivity contribution in [3.63, 3.8) is 0 Å². The molecule has 1 aliphatic rings. The summed E-state index contributed by atoms with van der Waals surface area (Å²) in [4.78, 5) is 38.3. The minimum Gasteiger partial charge on any atom is -0.477 e. The standard InChI is InChI=1S/C23H22ClFN4O4/c1-4-28-11-15(23(32)33)21(30)14-9-16(25)17(10-18(14)28)26-29-20(19(24)22(29)31)12-5-7-13(8-6-12)27(2)3/h5-11,19-20,26H,4H2,1-3H3,(H,32,33). The van der Waals surface area contributed by atoms with Crippen LogP contribution in [-0.4, -0.2) is 46.0 Å². The van der Waals surface area contributed by atoms with E-state index in [2.05, 4.69) is 5.43 Å². The minimum atomic E-state index is -1.38. The molecule has 1 fully saturated rings. The first-order valence-electron chi connectivity index (χ1n) is 10.2. The highest BCUT2D eigenvalue weighted by atomic mass is 35.5. The second kappa shape index (κ2) is 8.40. The third-order valence-corrected chi connectivity index (χ3v) is 6.19. The number of halogens is 2. The second-order valence-electron chi connectivity index (χ2n) is 7.96. The lowest BCUT2D eigenvalue weighted by molar-refractivity contribution is -0.143. The summed E-state index contributed by atoms with van der Waals surface area (Å²) in [6.07, 6.45) is 1.23. The van der Waals surface area contributed by atoms with Crippen LogP contribution in [0.2, 0.25) is 0 Å². The number of hydrogen-bond acceptors (Lipinski definition) is 5. The number of aromatic carboxylic acids is 1. The number of aryl methyl sites for hydroxylation is 1. The molecule has 1 amide bonds. The highest BCUT2D eigenvalue weighted by Gasteiger charge is 2.48. The number of benzene rings is 2. The number of carboxylic acid groups (broad SMARTS) is 1. The maximum Gasteiger partial charge on any atom is 0.341 e. The molecule has 2 N–H and O–H groups in total. The molecule has 2 heterocycles. The quantitative estimate of drug-likeness (QED) is 0.421. The maximum atomic E-state index is 14.9. The molecule has 1 aliphatic heterocycles. The number of hydrazine groups is 1. The van der Waals surface area contributed by atoms with E-state index in [4.69, 9.17) is 11.6 Å². The molecule has 10 heteroatoms. The maximum absolute atomic E-state index is 14.9. The second-order valence-corrected chi connectivity index (χ2v) is 8.44. The predicted molar refractivity (Wildman–Crippen MR) is 124 cm³/mol. The summed E-state index contributed by atoms with van der Waals surface area (Å²) in [6.45, 7) is 2.13. The van der Waals surface area contributed by atoms with Gasteiger partial charge < -0.3 is 14.6 Å². The van der Waals surface area contributed by atoms with Gasteiger partial charge in [0.2, 0.25) is 5.43 Å². The summed E-state index contributed by atoms with van der Waals surface area (Å²) in [5.74, 6) is -2.58. The molecule has 172 valence electrons. The lowest BCUT2D eigenvalue weighted by atomic mass is 9.95. The summed E-state index contributed by atoms with van der Waals surface area (Å²) in [5, 5.41) is 9.68. The van der Waals surface area contributed by atoms with Gasteiger partial charge in [-0.15, -0.1) is 11.6 Å². The molecule has 2 unspecified atom stereocenters. The van der Waals surface area contributed by atoms with E-state index < -0.39 is 40.1 Å². The van der Waals surface area contributed by atoms with E-state index in [0.29, 0.717) is 12.1 Å². The predicted octanol–water partition coefficient (Wildman–Crippen LogP) is 3.44. The molecule has 1 aromatic heterocycles. The topological polar surface area (TPSA) is 94.9 Å². The van der Waals surface area contributed by atoms with Crippen LogP contribution in [0.25, 0.3) is 10.9 Å². The smallest absolute Gasteiger partial charge is 0.341 e. The molecule has 2 atom stereocenters. The minimum absolute atomic E-state index is 0.0287. The Hall–Kier alpha value is -3.59. The number of β-lactam (4-membered cyclic amide) rings is 1. The Kier molecular flexibility index (Phi) is 5.75. The van der Waals surface area contributed by atoms with Gasteiger partial charge in [0.1, 0.15) is 22.8 Å². The van der Waals surface area contributed by atoms with Gasteiger partial charge in [0.25, 0.3) is 5.91 Å². The largest absolute Gasteiger partial charge is 0.477 e. The van der Waals surface area contributed by atoms with Gasteiger partial charge in [-0.3, -0.25) is 15.0 Å². The van der Waals surface area contributed by atoms with Crippen LogP contribution >= 0.6 is 11.6 Å². The molecule has 2 aromatic carbocycles. The molecule has 3 aromatic rings. The lowest BCUT2D eigenvalue weighted by Crippen LogP contribution is -2.58. The number of fused-ring (bicyclic) bond motifs is 1. The first kappa shape index (κ1) is 22.6. The number of carbonyl (C=O) groups is 2. The van der Waals surface area contributed by atoms with Crippen LogP contribution in [0.3, 0.4) is 0 Å². The molecule has 0 saturated carbocycles. The van der Waals surface area contributed by atoms with Crippen molar-refractivity contribution in [2.24, 2.45) is 0 Å². The Morgan fingerprint density at radius 2 is 1.88 bits per heavy atom. The van der Waals surface area contributed by atoms with Crippen LogP contribution in [0.5, 0.6) is 0 Å². The van der Waals surface area contributed by atoms with Crippen molar-refractivity contribution in [3.8, 4) is 0 Å². The van der Waals surface area contributed by atoms with Crippen molar-refractivity contribution in [2.75, 3.05) is 24.4 Å². The van der Waals surface area contributed by atoms with Gasteiger partial charge in [-0.2, -0.15) is 0 Å². The summed E-state index contributed by atoms with van der Waals surface area (Å²) < 4.78 is 16.5. The molecule has 33 heavy (non-hydrogen) atoms. The van der Waals surface area contributed by atoms with E-state index in [1.165, 1.54) is 17.3 Å². The Morgan fingerprint density at radius 1 is 1.21 bits per heavy atom. The Bertz CT molecular complexity index is 1320. The zero-order valence-electron chi connectivity index (χ0n) is 18.2. The average Bonchev–Trinajstić information content (AvgIpc) is 2.79. The molecular formula is C23H22ClFN4O4. The van der Waals surface area contributed by atoms with E-state index in [1.807, 2.05) is 43.3 Å². The monoisotopic (exact) mass is 472 g/mol. The number of carbonyl (C=O) groups excluding carboxylic acids is 1. The molecule has 0 bridgehead atoms. The molecule has 0 radical (unpaired) electrons. The number of nitrogens with zero attached hydrogens (tertiary/aromatic N) is 3. The lowest BCUT2D eigenvalue weighted by Gasteiger charge is -2.44. The summed E-state index contributed by atoms with van der Waals surface area (Å²) in [5.41, 5.74) is 3.67. The first-order chi connectivity index (χ1) is 15.6. The van der Waals surface area contributed by atoms with Gasteiger partial charge in [-0.05, 0) is 36.8 Å². The number of rotatable bonds is 6. The number of pyridine rings is 1. The summed E-state index contributed by atoms with van der Waals surface area (Å²) in [7, 11) is 3.83. The number of amides is 1. The van der Waals surface area contributed by atoms with Crippen LogP contribution < -0.4 is 15.8 Å². The van der Waals surface area contributed by atoms with Crippen molar-refractivity contribution in [1.29, 1.82) is 0 Å². The SMILES string of the molecule is CCn1cc(C(=O)O)c(=O)c2cc(F)c(NN3C(=O)C(Cl)C3c3ccc(N(C)C)cc3)cc21. The molecule has 0 aliphatic carbocycles. The van der Waals surface area contributed by atoms with Gasteiger partial charge in [-0.25, -0.2) is 14.2 Å². The summed E-state index contributed by atoms with van der Waals surface area (Å²) in [6, 6.07) is 9.37. The van der Waals surface area contributed by atoms with Crippen molar-refractivity contribution in [3.05, 3.63) is 69.8 Å². The number of carboxylic acids is 1. The summed E-state index contributed by atoms with van der Waals surface area (Å²) >= 11 is 6.28. The van der Waals surface area contributed by atoms with Gasteiger partial charge in [0.15, 0.2) is 0 Å². The highest BCUT2D eigenvalue weighted by molar-refractivity contribution is 6.33. The molecule has 1 saturated heterocycles. The highest BCUT2D eigenvalue weighted by Crippen LogP contribution is 2.39. The van der Waals surface area contributed by atoms with Crippen molar-refractivity contribution >= 4 is 45.8 Å². The fourth-order valence-corrected chi connectivity index (χ4v) is 4.27. The fourth-order valence-electron chi connectivity index (χ4n) is 3.91. The fraction of sp³-hybridized carbons (Fsp3) is 0.261. The van der Waals surface area contributed by atoms with Crippen LogP contribution in [0.4, 0.5) is 15.8 Å². The van der Waals surface area contributed by atoms with Gasteiger partial charge in [0, 0.05) is 37.9 Å². The van der Waals surface area contributed by atoms with Crippen LogP contribution in [-0.2, 0) is 11.3 Å². The third-order valence-electron chi connectivity index (χ3n) is 5.76. The Balaban J connectivity index is 1.72. The van der Waals surface area contributed by atoms with Crippen molar-refractivity contribution in [2.45, 2.75) is 24.9 Å². The number of hydrogen-bond donors (Lipinski definition) is 2. The number of aromatic nitrogens is 1. The molecule has 0 spiro atoms. The average molecular weight is 473 g/mol. The third kappa shape index (κ3) is 3.78. The zero-order valence-corrected chi connectivity index (χ0v) is 18.9. The molecule has 8 nitrogen and oxygen atoms in total. The number of anilines is 2. The van der Waals surface area contributed by atoms with Gasteiger partial charge in [0.05, 0.1) is 11.2 Å². The Morgan fingerprint density at radius 3 is 2.45 bits per heavy atom. The van der Waals surface area contributed by atoms with Crippen LogP contribution in [0, 0.1) is 5.82 Å². The van der Waals surface area contributed by atoms with Crippen molar-refractivity contribution < 1.29 is 19.1 Å². The normalized spacial score (nSPS) is 17.7. The van der Waals surface area contributed by atoms with Crippen LogP contribution in [0.15, 0.2) is 47.4 Å². The van der Waals surface area contributed by atoms with Crippen molar-refractivity contribution in [1.82, 2.24) is 9.58 Å². The van der Waals surface area contributed by atoms with Gasteiger partial charge >= 0.3 is 5.97 Å². The Labute approximate surface area is 193 Å². The number of alkyl halides is 1. The molecule has 4 rings (SSSR count). The zero-order chi connectivity index (χ0) is 24.0. The first-order valence-corrected chi connectivity index (χ1v) is 10.7.